The summed E-state index contributed by atoms with van der Waals surface area (Å²) >= 11 is 0. The molecular weight excluding hydrogens is 262 g/mol. The van der Waals surface area contributed by atoms with Crippen LogP contribution in [0, 0.1) is 0 Å². The van der Waals surface area contributed by atoms with Crippen LogP contribution in [0.5, 0.6) is 11.5 Å². The minimum absolute atomic E-state index is 0.132. The zero-order valence-corrected chi connectivity index (χ0v) is 11.4. The molecule has 1 rings (SSSR count). The van der Waals surface area contributed by atoms with Gasteiger partial charge >= 0.3 is 5.97 Å². The highest BCUT2D eigenvalue weighted by Gasteiger charge is 2.11. The number of carboxylic acid groups (broad SMARTS) is 1. The molecule has 6 nitrogen and oxygen atoms in total. The summed E-state index contributed by atoms with van der Waals surface area (Å²) in [5.41, 5.74) is 0.191. The number of amides is 1. The van der Waals surface area contributed by atoms with Crippen LogP contribution in [-0.4, -0.2) is 35.7 Å². The molecule has 0 radical (unpaired) electrons. The smallest absolute Gasteiger partial charge is 0.303 e. The van der Waals surface area contributed by atoms with Crippen molar-refractivity contribution in [2.75, 3.05) is 13.7 Å². The zero-order chi connectivity index (χ0) is 15.0. The van der Waals surface area contributed by atoms with Gasteiger partial charge in [-0.15, -0.1) is 0 Å². The third-order valence-corrected chi connectivity index (χ3v) is 2.80. The van der Waals surface area contributed by atoms with Gasteiger partial charge in [-0.2, -0.15) is 0 Å². The highest BCUT2D eigenvalue weighted by Crippen LogP contribution is 2.23. The van der Waals surface area contributed by atoms with Crippen LogP contribution in [0.2, 0.25) is 0 Å². The molecule has 0 heterocycles. The Morgan fingerprint density at radius 3 is 2.60 bits per heavy atom. The van der Waals surface area contributed by atoms with Crippen molar-refractivity contribution >= 4 is 11.9 Å². The van der Waals surface area contributed by atoms with Gasteiger partial charge in [0.2, 0.25) is 0 Å². The van der Waals surface area contributed by atoms with Gasteiger partial charge in [0.1, 0.15) is 11.5 Å². The standard InChI is InChI=1S/C14H19NO5/c1-20-10-6-7-11(12(16)9-10)14(19)15-8-4-2-3-5-13(17)18/h6-7,9,16H,2-5,8H2,1H3,(H,15,19)(H,17,18). The summed E-state index contributed by atoms with van der Waals surface area (Å²) < 4.78 is 4.93. The van der Waals surface area contributed by atoms with E-state index in [1.165, 1.54) is 19.2 Å². The van der Waals surface area contributed by atoms with Gasteiger partial charge in [-0.3, -0.25) is 9.59 Å². The highest BCUT2D eigenvalue weighted by atomic mass is 16.5. The van der Waals surface area contributed by atoms with E-state index in [4.69, 9.17) is 9.84 Å². The monoisotopic (exact) mass is 281 g/mol. The largest absolute Gasteiger partial charge is 0.507 e. The van der Waals surface area contributed by atoms with Gasteiger partial charge in [0.25, 0.3) is 5.91 Å². The van der Waals surface area contributed by atoms with Crippen molar-refractivity contribution in [1.82, 2.24) is 5.32 Å². The molecule has 0 bridgehead atoms. The molecule has 1 aromatic rings. The summed E-state index contributed by atoms with van der Waals surface area (Å²) in [7, 11) is 1.48. The number of carboxylic acids is 1. The summed E-state index contributed by atoms with van der Waals surface area (Å²) in [6.07, 6.45) is 2.18. The minimum Gasteiger partial charge on any atom is -0.507 e. The number of aliphatic carboxylic acids is 1. The molecule has 1 amide bonds. The predicted molar refractivity (Wildman–Crippen MR) is 73.1 cm³/mol. The number of hydrogen-bond acceptors (Lipinski definition) is 4. The van der Waals surface area contributed by atoms with E-state index in [0.29, 0.717) is 25.1 Å². The van der Waals surface area contributed by atoms with E-state index in [9.17, 15) is 14.7 Å². The summed E-state index contributed by atoms with van der Waals surface area (Å²) in [6, 6.07) is 4.47. The quantitative estimate of drug-likeness (QED) is 0.631. The molecule has 0 saturated heterocycles. The number of phenols is 1. The first-order chi connectivity index (χ1) is 9.54. The van der Waals surface area contributed by atoms with E-state index in [1.54, 1.807) is 6.07 Å². The van der Waals surface area contributed by atoms with Crippen molar-refractivity contribution in [1.29, 1.82) is 0 Å². The first kappa shape index (κ1) is 15.8. The molecule has 0 unspecified atom stereocenters. The van der Waals surface area contributed by atoms with Crippen LogP contribution in [0.25, 0.3) is 0 Å². The van der Waals surface area contributed by atoms with Crippen molar-refractivity contribution in [3.05, 3.63) is 23.8 Å². The maximum absolute atomic E-state index is 11.8. The van der Waals surface area contributed by atoms with Crippen LogP contribution in [0.15, 0.2) is 18.2 Å². The molecule has 0 aliphatic rings. The Kier molecular flexibility index (Phi) is 6.36. The van der Waals surface area contributed by atoms with E-state index in [2.05, 4.69) is 5.32 Å². The van der Waals surface area contributed by atoms with Gasteiger partial charge in [0, 0.05) is 19.0 Å². The second-order valence-electron chi connectivity index (χ2n) is 4.34. The Morgan fingerprint density at radius 1 is 1.25 bits per heavy atom. The first-order valence-electron chi connectivity index (χ1n) is 6.41. The molecule has 1 aromatic carbocycles. The van der Waals surface area contributed by atoms with Crippen LogP contribution in [0.4, 0.5) is 0 Å². The predicted octanol–water partition coefficient (Wildman–Crippen LogP) is 1.78. The topological polar surface area (TPSA) is 95.9 Å². The molecule has 0 spiro atoms. The molecule has 110 valence electrons. The maximum atomic E-state index is 11.8. The minimum atomic E-state index is -0.808. The number of nitrogens with one attached hydrogen (secondary N) is 1. The van der Waals surface area contributed by atoms with Crippen LogP contribution in [-0.2, 0) is 4.79 Å². The number of carbonyl (C=O) groups is 2. The Labute approximate surface area is 117 Å². The number of ether oxygens (including phenoxy) is 1. The molecule has 6 heteroatoms. The lowest BCUT2D eigenvalue weighted by Crippen LogP contribution is -2.24. The molecule has 3 N–H and O–H groups in total. The van der Waals surface area contributed by atoms with Crippen molar-refractivity contribution in [2.24, 2.45) is 0 Å². The molecule has 0 aliphatic carbocycles. The highest BCUT2D eigenvalue weighted by molar-refractivity contribution is 5.96. The number of hydrogen-bond donors (Lipinski definition) is 3. The summed E-state index contributed by atoms with van der Waals surface area (Å²) in [6.45, 7) is 0.448. The number of carbonyl (C=O) groups excluding carboxylic acids is 1. The molecule has 0 aromatic heterocycles. The second kappa shape index (κ2) is 8.04. The van der Waals surface area contributed by atoms with E-state index in [-0.39, 0.29) is 23.6 Å². The molecule has 0 fully saturated rings. The lowest BCUT2D eigenvalue weighted by atomic mass is 10.1. The van der Waals surface area contributed by atoms with Crippen LogP contribution >= 0.6 is 0 Å². The van der Waals surface area contributed by atoms with Crippen LogP contribution in [0.1, 0.15) is 36.0 Å². The Bertz CT molecular complexity index is 473. The number of methoxy groups -OCH3 is 1. The maximum Gasteiger partial charge on any atom is 0.303 e. The molecule has 0 aliphatic heterocycles. The summed E-state index contributed by atoms with van der Waals surface area (Å²) in [4.78, 5) is 22.1. The second-order valence-corrected chi connectivity index (χ2v) is 4.34. The fourth-order valence-corrected chi connectivity index (χ4v) is 1.71. The number of aromatic hydroxyl groups is 1. The first-order valence-corrected chi connectivity index (χ1v) is 6.41. The third kappa shape index (κ3) is 5.17. The van der Waals surface area contributed by atoms with Crippen molar-refractivity contribution in [3.8, 4) is 11.5 Å². The van der Waals surface area contributed by atoms with E-state index in [1.807, 2.05) is 0 Å². The van der Waals surface area contributed by atoms with Gasteiger partial charge in [-0.1, -0.05) is 6.42 Å². The van der Waals surface area contributed by atoms with E-state index >= 15 is 0 Å². The number of benzene rings is 1. The van der Waals surface area contributed by atoms with Gasteiger partial charge in [0.15, 0.2) is 0 Å². The van der Waals surface area contributed by atoms with Gasteiger partial charge < -0.3 is 20.3 Å². The fourth-order valence-electron chi connectivity index (χ4n) is 1.71. The summed E-state index contributed by atoms with van der Waals surface area (Å²) in [5, 5.41) is 20.8. The molecule has 0 atom stereocenters. The molecular formula is C14H19NO5. The van der Waals surface area contributed by atoms with Crippen molar-refractivity contribution < 1.29 is 24.5 Å². The van der Waals surface area contributed by atoms with E-state index < -0.39 is 5.97 Å². The number of rotatable bonds is 8. The average molecular weight is 281 g/mol. The zero-order valence-electron chi connectivity index (χ0n) is 11.4. The summed E-state index contributed by atoms with van der Waals surface area (Å²) in [5.74, 6) is -0.818. The van der Waals surface area contributed by atoms with Gasteiger partial charge in [0.05, 0.1) is 12.7 Å². The number of unbranched alkanes of at least 4 members (excludes halogenated alkanes) is 2. The van der Waals surface area contributed by atoms with Crippen molar-refractivity contribution in [2.45, 2.75) is 25.7 Å². The van der Waals surface area contributed by atoms with Crippen molar-refractivity contribution in [3.63, 3.8) is 0 Å². The van der Waals surface area contributed by atoms with E-state index in [0.717, 1.165) is 6.42 Å². The number of phenolic OH excluding ortho intramolecular Hbond substituents is 1. The Morgan fingerprint density at radius 2 is 2.00 bits per heavy atom. The SMILES string of the molecule is COc1ccc(C(=O)NCCCCCC(=O)O)c(O)c1. The van der Waals surface area contributed by atoms with Crippen LogP contribution in [0.3, 0.4) is 0 Å². The van der Waals surface area contributed by atoms with Gasteiger partial charge in [-0.05, 0) is 25.0 Å². The Hall–Kier alpha value is -2.24. The molecule has 0 saturated carbocycles. The lowest BCUT2D eigenvalue weighted by Gasteiger charge is -2.08. The average Bonchev–Trinajstić information content (AvgIpc) is 2.41. The Balaban J connectivity index is 2.34. The lowest BCUT2D eigenvalue weighted by molar-refractivity contribution is -0.137. The third-order valence-electron chi connectivity index (χ3n) is 2.80. The van der Waals surface area contributed by atoms with Crippen LogP contribution < -0.4 is 10.1 Å². The normalized spacial score (nSPS) is 10.1. The molecule has 20 heavy (non-hydrogen) atoms. The van der Waals surface area contributed by atoms with Gasteiger partial charge in [-0.25, -0.2) is 0 Å². The fraction of sp³-hybridized carbons (Fsp3) is 0.429.